The van der Waals surface area contributed by atoms with Gasteiger partial charge in [-0.2, -0.15) is 0 Å². The Morgan fingerprint density at radius 3 is 2.76 bits per heavy atom. The van der Waals surface area contributed by atoms with Crippen LogP contribution in [0.1, 0.15) is 0 Å². The van der Waals surface area contributed by atoms with Crippen LogP contribution in [0.5, 0.6) is 5.88 Å². The first-order valence-electron chi connectivity index (χ1n) is 5.16. The minimum Gasteiger partial charge on any atom is -0.858 e. The Hall–Kier alpha value is -0.870. The molecule has 0 bridgehead atoms. The van der Waals surface area contributed by atoms with E-state index in [0.29, 0.717) is 0 Å². The summed E-state index contributed by atoms with van der Waals surface area (Å²) in [6.07, 6.45) is 1.31. The summed E-state index contributed by atoms with van der Waals surface area (Å²) in [7, 11) is -4.49. The van der Waals surface area contributed by atoms with Crippen molar-refractivity contribution in [3.63, 3.8) is 0 Å². The molecule has 1 aromatic rings. The second-order valence-electron chi connectivity index (χ2n) is 3.42. The van der Waals surface area contributed by atoms with Crippen molar-refractivity contribution in [3.05, 3.63) is 22.7 Å². The van der Waals surface area contributed by atoms with Crippen LogP contribution in [-0.4, -0.2) is 39.7 Å². The van der Waals surface area contributed by atoms with Crippen molar-refractivity contribution in [1.29, 1.82) is 0 Å². The average Bonchev–Trinajstić information content (AvgIpc) is 2.38. The van der Waals surface area contributed by atoms with E-state index in [-0.39, 0.29) is 35.8 Å². The van der Waals surface area contributed by atoms with Gasteiger partial charge in [0.2, 0.25) is 0 Å². The summed E-state index contributed by atoms with van der Waals surface area (Å²) >= 11 is 0. The van der Waals surface area contributed by atoms with Gasteiger partial charge in [0.25, 0.3) is 0 Å². The molecule has 0 saturated heterocycles. The third-order valence-electron chi connectivity index (χ3n) is 1.89. The third kappa shape index (κ3) is 7.63. The van der Waals surface area contributed by atoms with Crippen LogP contribution in [-0.2, 0) is 29.7 Å². The molecule has 0 fully saturated rings. The molecule has 0 radical (unpaired) electrons. The van der Waals surface area contributed by atoms with Crippen LogP contribution in [0.3, 0.4) is 0 Å². The van der Waals surface area contributed by atoms with Crippen LogP contribution in [0.15, 0.2) is 17.1 Å². The Labute approximate surface area is 140 Å². The molecule has 12 heteroatoms. The number of phosphoric ester groups is 1. The van der Waals surface area contributed by atoms with Gasteiger partial charge < -0.3 is 14.8 Å². The first-order valence-corrected chi connectivity index (χ1v) is 6.65. The average molecular weight is 328 g/mol. The maximum atomic E-state index is 11.4. The van der Waals surface area contributed by atoms with Crippen molar-refractivity contribution in [2.75, 3.05) is 13.2 Å². The fraction of sp³-hybridized carbons (Fsp3) is 0.333. The maximum Gasteiger partial charge on any atom is 1.00 e. The normalized spacial score (nSPS) is 13.0. The molecular formula is C9H10N2NaO8P. The number of rotatable bonds is 8. The molecular weight excluding hydrogens is 318 g/mol. The van der Waals surface area contributed by atoms with Gasteiger partial charge in [0.05, 0.1) is 6.54 Å². The van der Waals surface area contributed by atoms with E-state index in [0.717, 1.165) is 16.8 Å². The second-order valence-corrected chi connectivity index (χ2v) is 4.87. The first kappa shape index (κ1) is 20.1. The minimum absolute atomic E-state index is 0. The quantitative estimate of drug-likeness (QED) is 0.282. The number of ketones is 1. The van der Waals surface area contributed by atoms with Crippen molar-refractivity contribution in [2.45, 2.75) is 6.54 Å². The van der Waals surface area contributed by atoms with Crippen molar-refractivity contribution >= 4 is 19.9 Å². The molecule has 0 aliphatic carbocycles. The summed E-state index contributed by atoms with van der Waals surface area (Å²) in [6, 6.07) is 0.986. The Kier molecular flexibility index (Phi) is 8.83. The number of carbonyl (C=O) groups excluding carboxylic acids is 2. The molecule has 0 amide bonds. The molecule has 1 atom stereocenters. The fourth-order valence-electron chi connectivity index (χ4n) is 1.08. The molecule has 1 N–H and O–H groups in total. The summed E-state index contributed by atoms with van der Waals surface area (Å²) in [5.74, 6) is -1.46. The number of nitrogens with zero attached hydrogens (tertiary/aromatic N) is 2. The molecule has 21 heavy (non-hydrogen) atoms. The number of hydrogen-bond donors (Lipinski definition) is 1. The Morgan fingerprint density at radius 2 is 2.19 bits per heavy atom. The third-order valence-corrected chi connectivity index (χ3v) is 2.82. The van der Waals surface area contributed by atoms with Gasteiger partial charge >= 0.3 is 43.1 Å². The minimum atomic E-state index is -4.49. The first-order chi connectivity index (χ1) is 9.34. The topological polar surface area (TPSA) is 148 Å². The van der Waals surface area contributed by atoms with Gasteiger partial charge in [0, 0.05) is 6.20 Å². The number of aromatic nitrogens is 2. The number of carbonyl (C=O) groups is 2. The van der Waals surface area contributed by atoms with Gasteiger partial charge in [-0.05, 0) is 11.9 Å². The van der Waals surface area contributed by atoms with Crippen molar-refractivity contribution in [3.8, 4) is 5.88 Å². The predicted octanol–water partition coefficient (Wildman–Crippen LogP) is -4.78. The van der Waals surface area contributed by atoms with Gasteiger partial charge in [-0.3, -0.25) is 18.4 Å². The summed E-state index contributed by atoms with van der Waals surface area (Å²) < 4.78 is 20.4. The molecule has 1 unspecified atom stereocenters. The van der Waals surface area contributed by atoms with Gasteiger partial charge in [-0.25, -0.2) is 14.3 Å². The van der Waals surface area contributed by atoms with Crippen LogP contribution in [0.2, 0.25) is 0 Å². The van der Waals surface area contributed by atoms with Crippen LogP contribution in [0.4, 0.5) is 0 Å². The molecule has 110 valence electrons. The van der Waals surface area contributed by atoms with Gasteiger partial charge in [0.15, 0.2) is 5.78 Å². The summed E-state index contributed by atoms with van der Waals surface area (Å²) in [5, 5.41) is 10.7. The van der Waals surface area contributed by atoms with Crippen molar-refractivity contribution in [2.24, 2.45) is 0 Å². The van der Waals surface area contributed by atoms with E-state index in [4.69, 9.17) is 4.89 Å². The van der Waals surface area contributed by atoms with E-state index in [1.807, 2.05) is 0 Å². The monoisotopic (exact) mass is 328 g/mol. The second kappa shape index (κ2) is 9.21. The fourth-order valence-corrected chi connectivity index (χ4v) is 1.72. The molecule has 0 spiro atoms. The van der Waals surface area contributed by atoms with Crippen LogP contribution in [0.25, 0.3) is 0 Å². The standard InChI is InChI=1S/C9H11N2O8P.Na/c12-3-4-18-20(16,17)19-6-7(13)5-11-2-1-8(14)10-9(11)15;/h1-3H,4-6H2,(H,16,17)(H,10,14,15);/q;+1/p-1. The Bertz CT molecular complexity index is 604. The van der Waals surface area contributed by atoms with Gasteiger partial charge in [-0.1, -0.05) is 0 Å². The van der Waals surface area contributed by atoms with E-state index >= 15 is 0 Å². The maximum absolute atomic E-state index is 11.4. The number of hydrogen-bond acceptors (Lipinski definition) is 8. The predicted molar refractivity (Wildman–Crippen MR) is 60.7 cm³/mol. The Balaban J connectivity index is 0.00000400. The zero-order valence-electron chi connectivity index (χ0n) is 11.0. The largest absolute Gasteiger partial charge is 1.00 e. The van der Waals surface area contributed by atoms with Crippen LogP contribution >= 0.6 is 7.82 Å². The molecule has 1 heterocycles. The van der Waals surface area contributed by atoms with E-state index in [9.17, 15) is 24.1 Å². The number of Topliss-reactive ketones (excluding diaryl/α,β-unsaturated/α-hetero) is 1. The van der Waals surface area contributed by atoms with E-state index < -0.39 is 44.9 Å². The smallest absolute Gasteiger partial charge is 0.858 e. The molecule has 0 aliphatic heterocycles. The molecule has 0 saturated carbocycles. The van der Waals surface area contributed by atoms with E-state index in [1.165, 1.54) is 0 Å². The number of phosphoric acid groups is 1. The van der Waals surface area contributed by atoms with E-state index in [2.05, 4.69) is 14.0 Å². The molecule has 1 rings (SSSR count). The molecule has 1 aromatic heterocycles. The van der Waals surface area contributed by atoms with Crippen LogP contribution < -0.4 is 40.4 Å². The van der Waals surface area contributed by atoms with Crippen molar-refractivity contribution in [1.82, 2.24) is 9.55 Å². The molecule has 0 aromatic carbocycles. The zero-order chi connectivity index (χ0) is 15.2. The summed E-state index contributed by atoms with van der Waals surface area (Å²) in [4.78, 5) is 44.7. The SMILES string of the molecule is O=CCOP(=O)(O)OCC(=O)Cn1ccc([O-])nc1=O.[Na+]. The van der Waals surface area contributed by atoms with Crippen LogP contribution in [0, 0.1) is 0 Å². The molecule has 10 nitrogen and oxygen atoms in total. The van der Waals surface area contributed by atoms with Gasteiger partial charge in [0.1, 0.15) is 19.5 Å². The Morgan fingerprint density at radius 1 is 1.52 bits per heavy atom. The summed E-state index contributed by atoms with van der Waals surface area (Å²) in [6.45, 7) is -1.95. The number of aldehydes is 1. The zero-order valence-corrected chi connectivity index (χ0v) is 13.9. The molecule has 0 aliphatic rings. The summed E-state index contributed by atoms with van der Waals surface area (Å²) in [5.41, 5.74) is -0.921. The van der Waals surface area contributed by atoms with Gasteiger partial charge in [-0.15, -0.1) is 0 Å². The van der Waals surface area contributed by atoms with Crippen molar-refractivity contribution < 1.29 is 62.8 Å². The van der Waals surface area contributed by atoms with E-state index in [1.54, 1.807) is 0 Å².